The van der Waals surface area contributed by atoms with Crippen LogP contribution >= 0.6 is 35.2 Å². The third-order valence-corrected chi connectivity index (χ3v) is 4.01. The normalized spacial score (nSPS) is 10.2. The predicted molar refractivity (Wildman–Crippen MR) is 84.3 cm³/mol. The van der Waals surface area contributed by atoms with E-state index in [-0.39, 0.29) is 10.9 Å². The molecule has 0 aliphatic heterocycles. The van der Waals surface area contributed by atoms with Gasteiger partial charge in [0.1, 0.15) is 4.99 Å². The molecule has 0 atom stereocenters. The molecule has 1 amide bonds. The summed E-state index contributed by atoms with van der Waals surface area (Å²) in [6, 6.07) is 8.74. The van der Waals surface area contributed by atoms with Crippen LogP contribution in [0.2, 0.25) is 5.02 Å². The largest absolute Gasteiger partial charge is 0.389 e. The summed E-state index contributed by atoms with van der Waals surface area (Å²) in [5.41, 5.74) is 6.73. The summed E-state index contributed by atoms with van der Waals surface area (Å²) in [6.45, 7) is 1.95. The molecule has 0 spiro atoms. The highest BCUT2D eigenvalue weighted by atomic mass is 35.5. The van der Waals surface area contributed by atoms with Crippen LogP contribution in [0.3, 0.4) is 0 Å². The molecule has 0 saturated heterocycles. The van der Waals surface area contributed by atoms with Gasteiger partial charge in [-0.25, -0.2) is 0 Å². The molecule has 0 aliphatic carbocycles. The first kappa shape index (κ1) is 14.0. The number of aryl methyl sites for hydroxylation is 1. The van der Waals surface area contributed by atoms with Crippen LogP contribution in [-0.4, -0.2) is 10.9 Å². The van der Waals surface area contributed by atoms with E-state index in [1.807, 2.05) is 13.0 Å². The fourth-order valence-corrected chi connectivity index (χ4v) is 2.63. The number of carbonyl (C=O) groups excluding carboxylic acids is 1. The standard InChI is InChI=1S/C13H11ClN2OS2/c1-7-2-5-11(19-7)13(17)16-10-4-3-8(12(15)18)6-9(10)14/h2-6H,1H3,(H2,15,18)(H,16,17). The van der Waals surface area contributed by atoms with Crippen LogP contribution in [0.5, 0.6) is 0 Å². The number of nitrogens with two attached hydrogens (primary N) is 1. The van der Waals surface area contributed by atoms with Gasteiger partial charge in [0.05, 0.1) is 15.6 Å². The highest BCUT2D eigenvalue weighted by molar-refractivity contribution is 7.80. The number of benzene rings is 1. The summed E-state index contributed by atoms with van der Waals surface area (Å²) >= 11 is 12.4. The average Bonchev–Trinajstić information content (AvgIpc) is 2.78. The second-order valence-electron chi connectivity index (χ2n) is 3.92. The summed E-state index contributed by atoms with van der Waals surface area (Å²) in [5, 5.41) is 3.17. The third kappa shape index (κ3) is 3.32. The van der Waals surface area contributed by atoms with E-state index in [0.717, 1.165) is 4.88 Å². The van der Waals surface area contributed by atoms with Crippen LogP contribution in [0, 0.1) is 6.92 Å². The number of hydrogen-bond acceptors (Lipinski definition) is 3. The topological polar surface area (TPSA) is 55.1 Å². The Bertz CT molecular complexity index is 652. The van der Waals surface area contributed by atoms with Crippen molar-refractivity contribution in [2.45, 2.75) is 6.92 Å². The average molecular weight is 311 g/mol. The van der Waals surface area contributed by atoms with Crippen LogP contribution in [-0.2, 0) is 0 Å². The molecule has 19 heavy (non-hydrogen) atoms. The minimum absolute atomic E-state index is 0.178. The Hall–Kier alpha value is -1.43. The molecule has 0 fully saturated rings. The fourth-order valence-electron chi connectivity index (χ4n) is 1.51. The van der Waals surface area contributed by atoms with E-state index in [4.69, 9.17) is 29.6 Å². The van der Waals surface area contributed by atoms with Gasteiger partial charge in [0.2, 0.25) is 0 Å². The number of hydrogen-bond donors (Lipinski definition) is 2. The number of anilines is 1. The van der Waals surface area contributed by atoms with E-state index >= 15 is 0 Å². The van der Waals surface area contributed by atoms with Crippen molar-refractivity contribution in [3.63, 3.8) is 0 Å². The third-order valence-electron chi connectivity index (χ3n) is 2.47. The maximum atomic E-state index is 12.0. The smallest absolute Gasteiger partial charge is 0.265 e. The molecule has 98 valence electrons. The van der Waals surface area contributed by atoms with Gasteiger partial charge in [-0.2, -0.15) is 0 Å². The minimum atomic E-state index is -0.178. The second kappa shape index (κ2) is 5.69. The van der Waals surface area contributed by atoms with E-state index in [2.05, 4.69) is 5.32 Å². The van der Waals surface area contributed by atoms with Crippen molar-refractivity contribution >= 4 is 51.7 Å². The summed E-state index contributed by atoms with van der Waals surface area (Å²) in [5.74, 6) is -0.178. The lowest BCUT2D eigenvalue weighted by Gasteiger charge is -2.07. The lowest BCUT2D eigenvalue weighted by molar-refractivity contribution is 0.103. The van der Waals surface area contributed by atoms with Gasteiger partial charge in [-0.15, -0.1) is 11.3 Å². The highest BCUT2D eigenvalue weighted by Crippen LogP contribution is 2.24. The van der Waals surface area contributed by atoms with E-state index in [0.29, 0.717) is 21.2 Å². The number of halogens is 1. The summed E-state index contributed by atoms with van der Waals surface area (Å²) in [7, 11) is 0. The first-order valence-corrected chi connectivity index (χ1v) is 7.05. The number of thiophene rings is 1. The highest BCUT2D eigenvalue weighted by Gasteiger charge is 2.11. The Balaban J connectivity index is 2.20. The molecule has 0 saturated carbocycles. The quantitative estimate of drug-likeness (QED) is 0.852. The van der Waals surface area contributed by atoms with Crippen LogP contribution in [0.4, 0.5) is 5.69 Å². The Morgan fingerprint density at radius 1 is 1.37 bits per heavy atom. The second-order valence-corrected chi connectivity index (χ2v) is 6.06. The van der Waals surface area contributed by atoms with Gasteiger partial charge in [0.25, 0.3) is 5.91 Å². The van der Waals surface area contributed by atoms with Gasteiger partial charge in [0.15, 0.2) is 0 Å². The first-order chi connectivity index (χ1) is 8.97. The van der Waals surface area contributed by atoms with Crippen molar-refractivity contribution in [1.29, 1.82) is 0 Å². The van der Waals surface area contributed by atoms with E-state index in [9.17, 15) is 4.79 Å². The molecule has 2 aromatic rings. The van der Waals surface area contributed by atoms with Gasteiger partial charge < -0.3 is 11.1 Å². The predicted octanol–water partition coefficient (Wildman–Crippen LogP) is 3.60. The number of thiocarbonyl (C=S) groups is 1. The molecule has 2 rings (SSSR count). The van der Waals surface area contributed by atoms with Gasteiger partial charge in [0, 0.05) is 10.4 Å². The molecule has 1 heterocycles. The number of amides is 1. The van der Waals surface area contributed by atoms with Crippen molar-refractivity contribution in [1.82, 2.24) is 0 Å². The van der Waals surface area contributed by atoms with E-state index < -0.39 is 0 Å². The monoisotopic (exact) mass is 310 g/mol. The van der Waals surface area contributed by atoms with Gasteiger partial charge in [-0.1, -0.05) is 23.8 Å². The molecular weight excluding hydrogens is 300 g/mol. The molecule has 3 N–H and O–H groups in total. The SMILES string of the molecule is Cc1ccc(C(=O)Nc2ccc(C(N)=S)cc2Cl)s1. The van der Waals surface area contributed by atoms with Gasteiger partial charge >= 0.3 is 0 Å². The zero-order valence-corrected chi connectivity index (χ0v) is 12.5. The molecule has 0 radical (unpaired) electrons. The molecular formula is C13H11ClN2OS2. The molecule has 1 aromatic heterocycles. The van der Waals surface area contributed by atoms with Gasteiger partial charge in [-0.05, 0) is 37.3 Å². The molecule has 0 aliphatic rings. The zero-order chi connectivity index (χ0) is 14.0. The van der Waals surface area contributed by atoms with Gasteiger partial charge in [-0.3, -0.25) is 4.79 Å². The first-order valence-electron chi connectivity index (χ1n) is 5.44. The summed E-state index contributed by atoms with van der Waals surface area (Å²) in [4.78, 5) is 14.0. The Kier molecular flexibility index (Phi) is 4.19. The molecule has 3 nitrogen and oxygen atoms in total. The minimum Gasteiger partial charge on any atom is -0.389 e. The van der Waals surface area contributed by atoms with Crippen molar-refractivity contribution in [2.24, 2.45) is 5.73 Å². The summed E-state index contributed by atoms with van der Waals surface area (Å²) in [6.07, 6.45) is 0. The number of nitrogens with one attached hydrogen (secondary N) is 1. The lowest BCUT2D eigenvalue weighted by Crippen LogP contribution is -2.12. The molecule has 6 heteroatoms. The maximum absolute atomic E-state index is 12.0. The van der Waals surface area contributed by atoms with Crippen molar-refractivity contribution in [3.8, 4) is 0 Å². The zero-order valence-electron chi connectivity index (χ0n) is 10.1. The Labute approximate surface area is 125 Å². The maximum Gasteiger partial charge on any atom is 0.265 e. The Morgan fingerprint density at radius 3 is 2.63 bits per heavy atom. The van der Waals surface area contributed by atoms with E-state index in [1.54, 1.807) is 24.3 Å². The van der Waals surface area contributed by atoms with Crippen molar-refractivity contribution < 1.29 is 4.79 Å². The van der Waals surface area contributed by atoms with Crippen molar-refractivity contribution in [2.75, 3.05) is 5.32 Å². The molecule has 0 bridgehead atoms. The summed E-state index contributed by atoms with van der Waals surface area (Å²) < 4.78 is 0. The van der Waals surface area contributed by atoms with Crippen LogP contribution in [0.15, 0.2) is 30.3 Å². The van der Waals surface area contributed by atoms with Crippen LogP contribution in [0.1, 0.15) is 20.1 Å². The Morgan fingerprint density at radius 2 is 2.11 bits per heavy atom. The van der Waals surface area contributed by atoms with E-state index in [1.165, 1.54) is 11.3 Å². The lowest BCUT2D eigenvalue weighted by atomic mass is 10.2. The fraction of sp³-hybridized carbons (Fsp3) is 0.0769. The number of carbonyl (C=O) groups is 1. The molecule has 0 unspecified atom stereocenters. The van der Waals surface area contributed by atoms with Crippen LogP contribution < -0.4 is 11.1 Å². The number of rotatable bonds is 3. The van der Waals surface area contributed by atoms with Crippen molar-refractivity contribution in [3.05, 3.63) is 50.7 Å². The van der Waals surface area contributed by atoms with Crippen LogP contribution in [0.25, 0.3) is 0 Å². The molecule has 1 aromatic carbocycles.